The second kappa shape index (κ2) is 6.41. The van der Waals surface area contributed by atoms with Crippen molar-refractivity contribution in [2.24, 2.45) is 5.73 Å². The van der Waals surface area contributed by atoms with Crippen LogP contribution in [0.1, 0.15) is 18.3 Å². The second-order valence-corrected chi connectivity index (χ2v) is 5.79. The summed E-state index contributed by atoms with van der Waals surface area (Å²) in [4.78, 5) is 13.7. The van der Waals surface area contributed by atoms with Gasteiger partial charge in [0.1, 0.15) is 5.82 Å². The Morgan fingerprint density at radius 1 is 1.32 bits per heavy atom. The van der Waals surface area contributed by atoms with Crippen LogP contribution in [0, 0.1) is 0 Å². The molecule has 2 atom stereocenters. The van der Waals surface area contributed by atoms with E-state index in [0.29, 0.717) is 6.04 Å². The molecule has 0 radical (unpaired) electrons. The minimum absolute atomic E-state index is 0.160. The molecule has 0 saturated carbocycles. The van der Waals surface area contributed by atoms with E-state index in [1.54, 1.807) is 0 Å². The summed E-state index contributed by atoms with van der Waals surface area (Å²) in [6, 6.07) is 0.672. The van der Waals surface area contributed by atoms with E-state index in [4.69, 9.17) is 5.73 Å². The van der Waals surface area contributed by atoms with E-state index in [9.17, 15) is 0 Å². The minimum atomic E-state index is 0.160. The van der Waals surface area contributed by atoms with Crippen LogP contribution in [0.5, 0.6) is 0 Å². The zero-order chi connectivity index (χ0) is 13.8. The average Bonchev–Trinajstić information content (AvgIpc) is 2.35. The van der Waals surface area contributed by atoms with Crippen LogP contribution in [-0.4, -0.2) is 65.6 Å². The Morgan fingerprint density at radius 2 is 2.00 bits per heavy atom. The number of piperazine rings is 1. The van der Waals surface area contributed by atoms with E-state index < -0.39 is 0 Å². The molecule has 1 saturated heterocycles. The van der Waals surface area contributed by atoms with Crippen molar-refractivity contribution in [1.29, 1.82) is 0 Å². The van der Waals surface area contributed by atoms with Crippen molar-refractivity contribution < 1.29 is 0 Å². The van der Waals surface area contributed by atoms with E-state index in [0.717, 1.165) is 43.9 Å². The van der Waals surface area contributed by atoms with Crippen LogP contribution in [0.25, 0.3) is 0 Å². The molecule has 106 valence electrons. The molecule has 0 spiro atoms. The largest absolute Gasteiger partial charge is 0.328 e. The summed E-state index contributed by atoms with van der Waals surface area (Å²) in [5.74, 6) is 0.931. The highest BCUT2D eigenvalue weighted by molar-refractivity contribution is 5.07. The van der Waals surface area contributed by atoms with Crippen molar-refractivity contribution in [2.75, 3.05) is 33.7 Å². The lowest BCUT2D eigenvalue weighted by molar-refractivity contribution is 0.113. The molecular formula is C14H25N5. The normalized spacial score (nSPS) is 23.5. The first-order valence-electron chi connectivity index (χ1n) is 6.98. The third kappa shape index (κ3) is 4.23. The lowest BCUT2D eigenvalue weighted by atomic mass is 10.1. The highest BCUT2D eigenvalue weighted by Crippen LogP contribution is 2.10. The first kappa shape index (κ1) is 14.4. The number of aromatic nitrogens is 2. The van der Waals surface area contributed by atoms with Crippen molar-refractivity contribution >= 4 is 0 Å². The molecule has 5 nitrogen and oxygen atoms in total. The lowest BCUT2D eigenvalue weighted by Gasteiger charge is -2.37. The third-order valence-electron chi connectivity index (χ3n) is 3.71. The SMILES string of the molecule is CC(N)Cc1cnc(CC2CN(C)CCN2C)nc1. The number of rotatable bonds is 4. The van der Waals surface area contributed by atoms with Gasteiger partial charge in [0.2, 0.25) is 0 Å². The number of nitrogens with zero attached hydrogens (tertiary/aromatic N) is 4. The molecule has 5 heteroatoms. The fourth-order valence-electron chi connectivity index (χ4n) is 2.50. The highest BCUT2D eigenvalue weighted by atomic mass is 15.3. The van der Waals surface area contributed by atoms with Gasteiger partial charge >= 0.3 is 0 Å². The third-order valence-corrected chi connectivity index (χ3v) is 3.71. The van der Waals surface area contributed by atoms with Crippen LogP contribution in [-0.2, 0) is 12.8 Å². The average molecular weight is 263 g/mol. The molecule has 1 aromatic rings. The molecule has 1 aromatic heterocycles. The van der Waals surface area contributed by atoms with Gasteiger partial charge in [-0.3, -0.25) is 0 Å². The fourth-order valence-corrected chi connectivity index (χ4v) is 2.50. The Bertz CT molecular complexity index is 389. The lowest BCUT2D eigenvalue weighted by Crippen LogP contribution is -2.50. The van der Waals surface area contributed by atoms with Gasteiger partial charge in [0.05, 0.1) is 0 Å². The summed E-state index contributed by atoms with van der Waals surface area (Å²) < 4.78 is 0. The van der Waals surface area contributed by atoms with Crippen LogP contribution in [0.4, 0.5) is 0 Å². The molecule has 2 unspecified atom stereocenters. The van der Waals surface area contributed by atoms with Gasteiger partial charge in [0.25, 0.3) is 0 Å². The van der Waals surface area contributed by atoms with Crippen LogP contribution < -0.4 is 5.73 Å². The van der Waals surface area contributed by atoms with Crippen molar-refractivity contribution in [3.05, 3.63) is 23.8 Å². The van der Waals surface area contributed by atoms with Crippen LogP contribution in [0.2, 0.25) is 0 Å². The van der Waals surface area contributed by atoms with E-state index in [2.05, 4.69) is 33.9 Å². The maximum atomic E-state index is 5.78. The first-order chi connectivity index (χ1) is 9.04. The summed E-state index contributed by atoms with van der Waals surface area (Å²) in [6.07, 6.45) is 5.59. The Balaban J connectivity index is 1.95. The van der Waals surface area contributed by atoms with Gasteiger partial charge in [-0.15, -0.1) is 0 Å². The monoisotopic (exact) mass is 263 g/mol. The number of hydrogen-bond acceptors (Lipinski definition) is 5. The van der Waals surface area contributed by atoms with E-state index in [1.165, 1.54) is 0 Å². The predicted molar refractivity (Wildman–Crippen MR) is 77.0 cm³/mol. The standard InChI is InChI=1S/C14H25N5/c1-11(15)6-12-8-16-14(17-9-12)7-13-10-18(2)4-5-19(13)3/h8-9,11,13H,4-7,10,15H2,1-3H3. The van der Waals surface area contributed by atoms with Crippen LogP contribution in [0.15, 0.2) is 12.4 Å². The van der Waals surface area contributed by atoms with Crippen molar-refractivity contribution in [3.63, 3.8) is 0 Å². The van der Waals surface area contributed by atoms with Gasteiger partial charge < -0.3 is 15.5 Å². The number of hydrogen-bond donors (Lipinski definition) is 1. The van der Waals surface area contributed by atoms with Gasteiger partial charge in [-0.25, -0.2) is 9.97 Å². The van der Waals surface area contributed by atoms with Crippen LogP contribution in [0.3, 0.4) is 0 Å². The first-order valence-corrected chi connectivity index (χ1v) is 6.98. The van der Waals surface area contributed by atoms with Gasteiger partial charge in [-0.05, 0) is 33.0 Å². The summed E-state index contributed by atoms with van der Waals surface area (Å²) >= 11 is 0. The molecule has 0 aromatic carbocycles. The molecular weight excluding hydrogens is 238 g/mol. The molecule has 2 N–H and O–H groups in total. The maximum Gasteiger partial charge on any atom is 0.129 e. The molecule has 2 heterocycles. The summed E-state index contributed by atoms with van der Waals surface area (Å²) in [5.41, 5.74) is 6.90. The molecule has 19 heavy (non-hydrogen) atoms. The zero-order valence-electron chi connectivity index (χ0n) is 12.2. The summed E-state index contributed by atoms with van der Waals surface area (Å²) in [6.45, 7) is 5.34. The summed E-state index contributed by atoms with van der Waals surface area (Å²) in [5, 5.41) is 0. The molecule has 1 fully saturated rings. The Hall–Kier alpha value is -1.04. The second-order valence-electron chi connectivity index (χ2n) is 5.79. The van der Waals surface area contributed by atoms with Crippen molar-refractivity contribution in [2.45, 2.75) is 31.8 Å². The number of nitrogens with two attached hydrogens (primary N) is 1. The smallest absolute Gasteiger partial charge is 0.129 e. The maximum absolute atomic E-state index is 5.78. The Labute approximate surface area is 115 Å². The number of likely N-dealkylation sites (N-methyl/N-ethyl adjacent to an activating group) is 2. The van der Waals surface area contributed by atoms with E-state index in [-0.39, 0.29) is 6.04 Å². The molecule has 0 aliphatic carbocycles. The van der Waals surface area contributed by atoms with E-state index in [1.807, 2.05) is 19.3 Å². The highest BCUT2D eigenvalue weighted by Gasteiger charge is 2.23. The van der Waals surface area contributed by atoms with Crippen molar-refractivity contribution in [3.8, 4) is 0 Å². The molecule has 0 amide bonds. The summed E-state index contributed by atoms with van der Waals surface area (Å²) in [7, 11) is 4.36. The van der Waals surface area contributed by atoms with Gasteiger partial charge in [-0.2, -0.15) is 0 Å². The van der Waals surface area contributed by atoms with Gasteiger partial charge in [-0.1, -0.05) is 0 Å². The molecule has 0 bridgehead atoms. The quantitative estimate of drug-likeness (QED) is 0.838. The van der Waals surface area contributed by atoms with Gasteiger partial charge in [0.15, 0.2) is 0 Å². The van der Waals surface area contributed by atoms with Crippen molar-refractivity contribution in [1.82, 2.24) is 19.8 Å². The van der Waals surface area contributed by atoms with Crippen LogP contribution >= 0.6 is 0 Å². The van der Waals surface area contributed by atoms with E-state index >= 15 is 0 Å². The minimum Gasteiger partial charge on any atom is -0.328 e. The molecule has 1 aliphatic heterocycles. The Morgan fingerprint density at radius 3 is 2.63 bits per heavy atom. The molecule has 1 aliphatic rings. The Kier molecular flexibility index (Phi) is 4.85. The zero-order valence-corrected chi connectivity index (χ0v) is 12.2. The fraction of sp³-hybridized carbons (Fsp3) is 0.714. The molecule has 2 rings (SSSR count). The van der Waals surface area contributed by atoms with Gasteiger partial charge in [0, 0.05) is 50.5 Å². The predicted octanol–water partition coefficient (Wildman–Crippen LogP) is 0.155. The topological polar surface area (TPSA) is 58.3 Å².